The largest absolute Gasteiger partial charge is 0.310 e. The van der Waals surface area contributed by atoms with Crippen LogP contribution in [-0.2, 0) is 11.2 Å². The van der Waals surface area contributed by atoms with E-state index in [1.807, 2.05) is 4.90 Å². The fraction of sp³-hybridized carbons (Fsp3) is 0.667. The van der Waals surface area contributed by atoms with Gasteiger partial charge in [-0.2, -0.15) is 0 Å². The van der Waals surface area contributed by atoms with E-state index in [4.69, 9.17) is 0 Å². The fourth-order valence-electron chi connectivity index (χ4n) is 4.14. The molecule has 2 fully saturated rings. The van der Waals surface area contributed by atoms with Crippen LogP contribution in [0.25, 0.3) is 0 Å². The van der Waals surface area contributed by atoms with E-state index in [0.717, 1.165) is 31.6 Å². The number of hydrogen-bond acceptors (Lipinski definition) is 2. The number of benzene rings is 1. The zero-order valence-electron chi connectivity index (χ0n) is 15.6. The molecule has 0 aliphatic carbocycles. The predicted octanol–water partition coefficient (Wildman–Crippen LogP) is 4.29. The molecule has 1 atom stereocenters. The molecule has 1 aromatic rings. The zero-order valence-corrected chi connectivity index (χ0v) is 15.6. The van der Waals surface area contributed by atoms with Gasteiger partial charge < -0.3 is 4.90 Å². The van der Waals surface area contributed by atoms with Crippen molar-refractivity contribution in [2.75, 3.05) is 18.0 Å². The van der Waals surface area contributed by atoms with Gasteiger partial charge in [0.2, 0.25) is 5.91 Å². The molecule has 24 heavy (non-hydrogen) atoms. The molecule has 0 aromatic heterocycles. The molecule has 1 N–H and O–H groups in total. The number of aryl methyl sites for hydroxylation is 3. The van der Waals surface area contributed by atoms with Crippen molar-refractivity contribution in [1.29, 1.82) is 0 Å². The van der Waals surface area contributed by atoms with Crippen molar-refractivity contribution < 1.29 is 4.79 Å². The van der Waals surface area contributed by atoms with E-state index in [0.29, 0.717) is 0 Å². The van der Waals surface area contributed by atoms with Gasteiger partial charge >= 0.3 is 0 Å². The monoisotopic (exact) mass is 328 g/mol. The molecule has 0 saturated carbocycles. The number of amides is 1. The Morgan fingerprint density at radius 1 is 1.08 bits per heavy atom. The first-order valence-corrected chi connectivity index (χ1v) is 9.74. The average molecular weight is 329 g/mol. The molecule has 132 valence electrons. The summed E-state index contributed by atoms with van der Waals surface area (Å²) in [6.45, 7) is 8.29. The van der Waals surface area contributed by atoms with E-state index < -0.39 is 0 Å². The highest BCUT2D eigenvalue weighted by Crippen LogP contribution is 2.37. The molecule has 2 saturated heterocycles. The number of nitrogens with zero attached hydrogens (tertiary/aromatic N) is 1. The van der Waals surface area contributed by atoms with Crippen LogP contribution in [0.1, 0.15) is 68.6 Å². The lowest BCUT2D eigenvalue weighted by molar-refractivity contribution is -0.119. The maximum absolute atomic E-state index is 12.6. The van der Waals surface area contributed by atoms with Crippen LogP contribution in [0.15, 0.2) is 12.1 Å². The molecular formula is C21H32N2O. The van der Waals surface area contributed by atoms with Gasteiger partial charge in [-0.1, -0.05) is 51.2 Å². The minimum atomic E-state index is -0.212. The molecule has 2 heterocycles. The Bertz CT molecular complexity index is 581. The van der Waals surface area contributed by atoms with Gasteiger partial charge in [0.05, 0.1) is 0 Å². The van der Waals surface area contributed by atoms with E-state index in [1.54, 1.807) is 0 Å². The molecular weight excluding hydrogens is 296 g/mol. The molecule has 0 radical (unpaired) electrons. The van der Waals surface area contributed by atoms with Gasteiger partial charge in [0, 0.05) is 18.8 Å². The lowest BCUT2D eigenvalue weighted by Crippen LogP contribution is -2.33. The zero-order chi connectivity index (χ0) is 17.2. The van der Waals surface area contributed by atoms with Crippen LogP contribution in [0.5, 0.6) is 0 Å². The fourth-order valence-corrected chi connectivity index (χ4v) is 4.14. The van der Waals surface area contributed by atoms with Gasteiger partial charge in [-0.25, -0.2) is 0 Å². The topological polar surface area (TPSA) is 42.2 Å². The standard InChI is InChI=1S/C21H32N2O/c1-4-5-6-7-8-9-10-18-13-16(2)19(17(3)14-18)23-12-11-21(15-22-21)20(23)24/h13-14,22H,4-12,15H2,1-3H3. The Hall–Kier alpha value is -1.35. The molecule has 2 aliphatic heterocycles. The minimum Gasteiger partial charge on any atom is -0.310 e. The summed E-state index contributed by atoms with van der Waals surface area (Å²) in [5.74, 6) is 0.275. The van der Waals surface area contributed by atoms with Crippen LogP contribution in [0.4, 0.5) is 5.69 Å². The van der Waals surface area contributed by atoms with Crippen molar-refractivity contribution in [2.24, 2.45) is 0 Å². The molecule has 3 rings (SSSR count). The van der Waals surface area contributed by atoms with Crippen molar-refractivity contribution in [1.82, 2.24) is 5.32 Å². The summed E-state index contributed by atoms with van der Waals surface area (Å²) in [6, 6.07) is 4.60. The van der Waals surface area contributed by atoms with Crippen LogP contribution in [0.2, 0.25) is 0 Å². The molecule has 1 amide bonds. The van der Waals surface area contributed by atoms with Gasteiger partial charge in [0.15, 0.2) is 0 Å². The van der Waals surface area contributed by atoms with E-state index in [9.17, 15) is 4.79 Å². The number of carbonyl (C=O) groups is 1. The highest BCUT2D eigenvalue weighted by molar-refractivity contribution is 6.05. The smallest absolute Gasteiger partial charge is 0.248 e. The van der Waals surface area contributed by atoms with Crippen molar-refractivity contribution in [2.45, 2.75) is 77.7 Å². The van der Waals surface area contributed by atoms with Gasteiger partial charge in [0.1, 0.15) is 5.54 Å². The number of unbranched alkanes of at least 4 members (excludes halogenated alkanes) is 5. The lowest BCUT2D eigenvalue weighted by atomic mass is 9.99. The summed E-state index contributed by atoms with van der Waals surface area (Å²) >= 11 is 0. The molecule has 1 aromatic carbocycles. The number of anilines is 1. The minimum absolute atomic E-state index is 0.212. The van der Waals surface area contributed by atoms with E-state index in [1.165, 1.54) is 55.2 Å². The third-order valence-corrected chi connectivity index (χ3v) is 5.66. The molecule has 1 unspecified atom stereocenters. The normalized spacial score (nSPS) is 22.6. The van der Waals surface area contributed by atoms with Crippen molar-refractivity contribution >= 4 is 11.6 Å². The number of carbonyl (C=O) groups excluding carboxylic acids is 1. The van der Waals surface area contributed by atoms with Crippen molar-refractivity contribution in [3.63, 3.8) is 0 Å². The van der Waals surface area contributed by atoms with Crippen LogP contribution >= 0.6 is 0 Å². The van der Waals surface area contributed by atoms with E-state index in [-0.39, 0.29) is 11.4 Å². The maximum Gasteiger partial charge on any atom is 0.248 e. The molecule has 1 spiro atoms. The third kappa shape index (κ3) is 3.51. The highest BCUT2D eigenvalue weighted by Gasteiger charge is 2.56. The Kier molecular flexibility index (Phi) is 5.29. The van der Waals surface area contributed by atoms with Crippen molar-refractivity contribution in [3.8, 4) is 0 Å². The Morgan fingerprint density at radius 2 is 1.71 bits per heavy atom. The van der Waals surface area contributed by atoms with E-state index >= 15 is 0 Å². The maximum atomic E-state index is 12.6. The third-order valence-electron chi connectivity index (χ3n) is 5.66. The summed E-state index contributed by atoms with van der Waals surface area (Å²) in [6.07, 6.45) is 10.1. The Morgan fingerprint density at radius 3 is 2.29 bits per heavy atom. The van der Waals surface area contributed by atoms with Gasteiger partial charge in [-0.05, 0) is 49.8 Å². The highest BCUT2D eigenvalue weighted by atomic mass is 16.2. The van der Waals surface area contributed by atoms with E-state index in [2.05, 4.69) is 38.2 Å². The Labute approximate surface area is 146 Å². The Balaban J connectivity index is 1.61. The van der Waals surface area contributed by atoms with Gasteiger partial charge in [-0.15, -0.1) is 0 Å². The van der Waals surface area contributed by atoms with Crippen LogP contribution in [0.3, 0.4) is 0 Å². The average Bonchev–Trinajstić information content (AvgIpc) is 3.27. The first-order chi connectivity index (χ1) is 11.6. The predicted molar refractivity (Wildman–Crippen MR) is 101 cm³/mol. The van der Waals surface area contributed by atoms with Crippen molar-refractivity contribution in [3.05, 3.63) is 28.8 Å². The van der Waals surface area contributed by atoms with Crippen LogP contribution in [0, 0.1) is 13.8 Å². The lowest BCUT2D eigenvalue weighted by Gasteiger charge is -2.22. The molecule has 3 heteroatoms. The number of hydrogen-bond donors (Lipinski definition) is 1. The number of rotatable bonds is 8. The number of nitrogens with one attached hydrogen (secondary N) is 1. The van der Waals surface area contributed by atoms with Gasteiger partial charge in [0.25, 0.3) is 0 Å². The second-order valence-electron chi connectivity index (χ2n) is 7.74. The SMILES string of the molecule is CCCCCCCCc1cc(C)c(N2CCC3(CN3)C2=O)c(C)c1. The quantitative estimate of drug-likeness (QED) is 0.571. The van der Waals surface area contributed by atoms with Crippen LogP contribution in [-0.4, -0.2) is 24.5 Å². The summed E-state index contributed by atoms with van der Waals surface area (Å²) < 4.78 is 0. The van der Waals surface area contributed by atoms with Gasteiger partial charge in [-0.3, -0.25) is 10.1 Å². The second kappa shape index (κ2) is 7.26. The molecule has 0 bridgehead atoms. The second-order valence-corrected chi connectivity index (χ2v) is 7.74. The molecule has 2 aliphatic rings. The summed E-state index contributed by atoms with van der Waals surface area (Å²) in [5, 5.41) is 3.27. The van der Waals surface area contributed by atoms with Crippen LogP contribution < -0.4 is 10.2 Å². The summed E-state index contributed by atoms with van der Waals surface area (Å²) in [4.78, 5) is 14.7. The first-order valence-electron chi connectivity index (χ1n) is 9.74. The molecule has 3 nitrogen and oxygen atoms in total. The summed E-state index contributed by atoms with van der Waals surface area (Å²) in [5.41, 5.74) is 4.87. The summed E-state index contributed by atoms with van der Waals surface area (Å²) in [7, 11) is 0. The first kappa shape index (κ1) is 17.5.